The zero-order valence-corrected chi connectivity index (χ0v) is 13.9. The highest BCUT2D eigenvalue weighted by molar-refractivity contribution is 5.86. The molecule has 24 heavy (non-hydrogen) atoms. The number of carbonyl (C=O) groups is 2. The van der Waals surface area contributed by atoms with E-state index in [-0.39, 0.29) is 12.3 Å². The van der Waals surface area contributed by atoms with Gasteiger partial charge in [0, 0.05) is 0 Å². The lowest BCUT2D eigenvalue weighted by molar-refractivity contribution is -0.142. The van der Waals surface area contributed by atoms with E-state index in [0.29, 0.717) is 11.1 Å². The summed E-state index contributed by atoms with van der Waals surface area (Å²) in [5.74, 6) is -1.98. The summed E-state index contributed by atoms with van der Waals surface area (Å²) >= 11 is 0. The Morgan fingerprint density at radius 2 is 1.71 bits per heavy atom. The molecule has 0 aliphatic rings. The Labute approximate surface area is 140 Å². The van der Waals surface area contributed by atoms with Gasteiger partial charge < -0.3 is 10.4 Å². The van der Waals surface area contributed by atoms with Crippen LogP contribution in [0.5, 0.6) is 0 Å². The van der Waals surface area contributed by atoms with E-state index in [2.05, 4.69) is 5.32 Å². The fourth-order valence-electron chi connectivity index (χ4n) is 2.64. The van der Waals surface area contributed by atoms with Crippen LogP contribution in [0.2, 0.25) is 0 Å². The lowest BCUT2D eigenvalue weighted by Crippen LogP contribution is -2.35. The molecule has 1 amide bonds. The van der Waals surface area contributed by atoms with Crippen molar-refractivity contribution in [2.75, 3.05) is 0 Å². The van der Waals surface area contributed by atoms with Crippen LogP contribution in [-0.4, -0.2) is 17.0 Å². The molecular formula is C19H20FNO3. The molecule has 0 aliphatic carbocycles. The van der Waals surface area contributed by atoms with Gasteiger partial charge in [0.25, 0.3) is 0 Å². The van der Waals surface area contributed by atoms with Crippen LogP contribution in [0, 0.1) is 26.6 Å². The second-order valence-corrected chi connectivity index (χ2v) is 5.89. The Morgan fingerprint density at radius 3 is 2.25 bits per heavy atom. The molecule has 5 heteroatoms. The maximum atomic E-state index is 13.4. The largest absolute Gasteiger partial charge is 0.479 e. The van der Waals surface area contributed by atoms with Gasteiger partial charge in [-0.2, -0.15) is 0 Å². The topological polar surface area (TPSA) is 66.4 Å². The second-order valence-electron chi connectivity index (χ2n) is 5.89. The summed E-state index contributed by atoms with van der Waals surface area (Å²) in [6.45, 7) is 5.37. The van der Waals surface area contributed by atoms with Crippen molar-refractivity contribution in [3.05, 3.63) is 70.0 Å². The molecule has 0 saturated carbocycles. The molecule has 0 radical (unpaired) electrons. The van der Waals surface area contributed by atoms with E-state index < -0.39 is 17.8 Å². The average Bonchev–Trinajstić information content (AvgIpc) is 2.51. The smallest absolute Gasteiger partial charge is 0.330 e. The molecule has 0 aromatic heterocycles. The number of carbonyl (C=O) groups excluding carboxylic acids is 1. The quantitative estimate of drug-likeness (QED) is 0.885. The molecule has 2 aromatic rings. The molecule has 2 aromatic carbocycles. The van der Waals surface area contributed by atoms with Crippen molar-refractivity contribution >= 4 is 11.9 Å². The van der Waals surface area contributed by atoms with Gasteiger partial charge in [-0.15, -0.1) is 0 Å². The van der Waals surface area contributed by atoms with E-state index in [1.54, 1.807) is 6.92 Å². The van der Waals surface area contributed by atoms with Gasteiger partial charge in [-0.3, -0.25) is 4.79 Å². The van der Waals surface area contributed by atoms with Crippen LogP contribution >= 0.6 is 0 Å². The normalized spacial score (nSPS) is 11.8. The van der Waals surface area contributed by atoms with E-state index in [9.17, 15) is 19.1 Å². The van der Waals surface area contributed by atoms with Gasteiger partial charge >= 0.3 is 5.97 Å². The summed E-state index contributed by atoms with van der Waals surface area (Å²) < 4.78 is 13.4. The Bertz CT molecular complexity index is 766. The number of carboxylic acid groups (broad SMARTS) is 1. The molecule has 0 spiro atoms. The molecule has 2 N–H and O–H groups in total. The number of hydrogen-bond acceptors (Lipinski definition) is 2. The van der Waals surface area contributed by atoms with Crippen LogP contribution in [0.15, 0.2) is 36.4 Å². The number of rotatable bonds is 5. The molecular weight excluding hydrogens is 309 g/mol. The highest BCUT2D eigenvalue weighted by Gasteiger charge is 2.23. The molecule has 126 valence electrons. The first-order valence-electron chi connectivity index (χ1n) is 7.63. The van der Waals surface area contributed by atoms with Crippen molar-refractivity contribution in [2.24, 2.45) is 0 Å². The molecule has 0 saturated heterocycles. The van der Waals surface area contributed by atoms with Crippen molar-refractivity contribution in [1.82, 2.24) is 5.32 Å². The zero-order valence-electron chi connectivity index (χ0n) is 13.9. The van der Waals surface area contributed by atoms with Gasteiger partial charge in [0.05, 0.1) is 6.42 Å². The van der Waals surface area contributed by atoms with Gasteiger partial charge in [-0.05, 0) is 54.7 Å². The number of benzene rings is 2. The first-order chi connectivity index (χ1) is 11.3. The van der Waals surface area contributed by atoms with Crippen LogP contribution in [0.25, 0.3) is 0 Å². The van der Waals surface area contributed by atoms with E-state index in [4.69, 9.17) is 0 Å². The van der Waals surface area contributed by atoms with Crippen LogP contribution in [0.4, 0.5) is 4.39 Å². The molecule has 0 fully saturated rings. The van der Waals surface area contributed by atoms with Crippen LogP contribution in [0.1, 0.15) is 33.9 Å². The third-order valence-electron chi connectivity index (χ3n) is 4.05. The summed E-state index contributed by atoms with van der Waals surface area (Å²) in [7, 11) is 0. The predicted octanol–water partition coefficient (Wildman–Crippen LogP) is 3.24. The lowest BCUT2D eigenvalue weighted by atomic mass is 9.99. The van der Waals surface area contributed by atoms with Crippen LogP contribution < -0.4 is 5.32 Å². The molecule has 1 atom stereocenters. The molecule has 4 nitrogen and oxygen atoms in total. The fraction of sp³-hybridized carbons (Fsp3) is 0.263. The Hall–Kier alpha value is -2.69. The maximum Gasteiger partial charge on any atom is 0.330 e. The summed E-state index contributed by atoms with van der Waals surface area (Å²) in [6, 6.07) is 8.54. The number of aliphatic carboxylic acids is 1. The SMILES string of the molecule is Cc1cc(C(NC(=O)Cc2c(C)cccc2C)C(=O)O)ccc1F. The average molecular weight is 329 g/mol. The number of amides is 1. The lowest BCUT2D eigenvalue weighted by Gasteiger charge is -2.17. The highest BCUT2D eigenvalue weighted by Crippen LogP contribution is 2.19. The van der Waals surface area contributed by atoms with Gasteiger partial charge in [0.1, 0.15) is 5.82 Å². The summed E-state index contributed by atoms with van der Waals surface area (Å²) in [5.41, 5.74) is 3.53. The summed E-state index contributed by atoms with van der Waals surface area (Å²) in [5, 5.41) is 11.9. The molecule has 1 unspecified atom stereocenters. The third kappa shape index (κ3) is 3.98. The molecule has 2 rings (SSSR count). The minimum absolute atomic E-state index is 0.0997. The monoisotopic (exact) mass is 329 g/mol. The van der Waals surface area contributed by atoms with Gasteiger partial charge in [0.2, 0.25) is 5.91 Å². The molecule has 0 aliphatic heterocycles. The number of nitrogens with one attached hydrogen (secondary N) is 1. The third-order valence-corrected chi connectivity index (χ3v) is 4.05. The summed E-state index contributed by atoms with van der Waals surface area (Å²) in [6.07, 6.45) is 0.0997. The van der Waals surface area contributed by atoms with Crippen LogP contribution in [0.3, 0.4) is 0 Å². The van der Waals surface area contributed by atoms with E-state index in [1.807, 2.05) is 32.0 Å². The molecule has 0 heterocycles. The molecule has 0 bridgehead atoms. The number of halogens is 1. The van der Waals surface area contributed by atoms with E-state index in [1.165, 1.54) is 18.2 Å². The van der Waals surface area contributed by atoms with E-state index in [0.717, 1.165) is 16.7 Å². The van der Waals surface area contributed by atoms with Crippen molar-refractivity contribution in [2.45, 2.75) is 33.2 Å². The Balaban J connectivity index is 2.20. The second kappa shape index (κ2) is 7.25. The minimum atomic E-state index is -1.21. The summed E-state index contributed by atoms with van der Waals surface area (Å²) in [4.78, 5) is 23.8. The standard InChI is InChI=1S/C19H20FNO3/c1-11-5-4-6-12(2)15(11)10-17(22)21-18(19(23)24)14-7-8-16(20)13(3)9-14/h4-9,18H,10H2,1-3H3,(H,21,22)(H,23,24). The minimum Gasteiger partial charge on any atom is -0.479 e. The Kier molecular flexibility index (Phi) is 5.34. The van der Waals surface area contributed by atoms with Crippen LogP contribution in [-0.2, 0) is 16.0 Å². The van der Waals surface area contributed by atoms with Gasteiger partial charge in [0.15, 0.2) is 6.04 Å². The van der Waals surface area contributed by atoms with E-state index >= 15 is 0 Å². The number of aryl methyl sites for hydroxylation is 3. The zero-order chi connectivity index (χ0) is 17.9. The van der Waals surface area contributed by atoms with Crippen molar-refractivity contribution in [3.63, 3.8) is 0 Å². The predicted molar refractivity (Wildman–Crippen MR) is 89.3 cm³/mol. The number of carboxylic acids is 1. The fourth-order valence-corrected chi connectivity index (χ4v) is 2.64. The van der Waals surface area contributed by atoms with Crippen molar-refractivity contribution < 1.29 is 19.1 Å². The first kappa shape index (κ1) is 17.7. The highest BCUT2D eigenvalue weighted by atomic mass is 19.1. The van der Waals surface area contributed by atoms with Gasteiger partial charge in [-0.1, -0.05) is 30.3 Å². The Morgan fingerprint density at radius 1 is 1.08 bits per heavy atom. The van der Waals surface area contributed by atoms with Crippen molar-refractivity contribution in [3.8, 4) is 0 Å². The number of hydrogen-bond donors (Lipinski definition) is 2. The van der Waals surface area contributed by atoms with Crippen molar-refractivity contribution in [1.29, 1.82) is 0 Å². The maximum absolute atomic E-state index is 13.4. The van der Waals surface area contributed by atoms with Gasteiger partial charge in [-0.25, -0.2) is 9.18 Å². The first-order valence-corrected chi connectivity index (χ1v) is 7.63.